The molecular formula is C29H34N4O5. The Hall–Kier alpha value is -4.40. The standard InChI is InChI=1S/C29H34N4O5/c1-29(2,38-27(30)35)16-25(15-24-9-6-14-31-17-24)26(34)32-18-21-10-12-22(13-11-21)19-33-28(36)37-20-23-7-4-3-5-8-23/h3-14,17,25H,15-16,18-20H2,1-2H3,(H2,30,35)(H,32,34)(H,33,36). The van der Waals surface area contributed by atoms with Gasteiger partial charge in [-0.05, 0) is 55.0 Å². The van der Waals surface area contributed by atoms with Crippen molar-refractivity contribution in [3.8, 4) is 0 Å². The largest absolute Gasteiger partial charge is 0.445 e. The van der Waals surface area contributed by atoms with Crippen LogP contribution in [0.5, 0.6) is 0 Å². The molecule has 2 aromatic carbocycles. The molecule has 3 aromatic rings. The molecule has 4 N–H and O–H groups in total. The van der Waals surface area contributed by atoms with E-state index in [0.717, 1.165) is 22.3 Å². The summed E-state index contributed by atoms with van der Waals surface area (Å²) in [5.74, 6) is -0.624. The highest BCUT2D eigenvalue weighted by Gasteiger charge is 2.30. The lowest BCUT2D eigenvalue weighted by atomic mass is 9.88. The highest BCUT2D eigenvalue weighted by atomic mass is 16.6. The van der Waals surface area contributed by atoms with E-state index in [4.69, 9.17) is 15.2 Å². The normalized spacial score (nSPS) is 11.7. The minimum absolute atomic E-state index is 0.165. The summed E-state index contributed by atoms with van der Waals surface area (Å²) < 4.78 is 10.4. The molecule has 38 heavy (non-hydrogen) atoms. The van der Waals surface area contributed by atoms with Gasteiger partial charge in [-0.3, -0.25) is 9.78 Å². The van der Waals surface area contributed by atoms with E-state index in [1.807, 2.05) is 66.7 Å². The lowest BCUT2D eigenvalue weighted by Gasteiger charge is -2.28. The summed E-state index contributed by atoms with van der Waals surface area (Å²) in [6.07, 6.45) is 2.75. The number of nitrogens with zero attached hydrogens (tertiary/aromatic N) is 1. The van der Waals surface area contributed by atoms with Gasteiger partial charge in [0.1, 0.15) is 12.2 Å². The first-order valence-corrected chi connectivity index (χ1v) is 12.4. The maximum Gasteiger partial charge on any atom is 0.407 e. The number of alkyl carbamates (subject to hydrolysis) is 1. The van der Waals surface area contributed by atoms with Gasteiger partial charge in [0.05, 0.1) is 0 Å². The predicted molar refractivity (Wildman–Crippen MR) is 143 cm³/mol. The molecule has 3 amide bonds. The number of nitrogens with one attached hydrogen (secondary N) is 2. The van der Waals surface area contributed by atoms with E-state index < -0.39 is 23.7 Å². The second-order valence-electron chi connectivity index (χ2n) is 9.60. The van der Waals surface area contributed by atoms with Gasteiger partial charge in [0.15, 0.2) is 0 Å². The van der Waals surface area contributed by atoms with Crippen molar-refractivity contribution in [2.24, 2.45) is 11.7 Å². The Balaban J connectivity index is 1.50. The molecule has 1 aromatic heterocycles. The fourth-order valence-electron chi connectivity index (χ4n) is 4.03. The monoisotopic (exact) mass is 518 g/mol. The van der Waals surface area contributed by atoms with Crippen LogP contribution in [0.4, 0.5) is 9.59 Å². The van der Waals surface area contributed by atoms with Crippen LogP contribution in [-0.2, 0) is 40.4 Å². The highest BCUT2D eigenvalue weighted by molar-refractivity contribution is 5.79. The Labute approximate surface area is 222 Å². The molecule has 1 atom stereocenters. The molecule has 0 saturated carbocycles. The molecule has 1 unspecified atom stereocenters. The zero-order valence-electron chi connectivity index (χ0n) is 21.7. The first-order chi connectivity index (χ1) is 18.2. The maximum atomic E-state index is 13.1. The van der Waals surface area contributed by atoms with Crippen LogP contribution in [0.25, 0.3) is 0 Å². The van der Waals surface area contributed by atoms with E-state index in [9.17, 15) is 14.4 Å². The Kier molecular flexibility index (Phi) is 10.2. The van der Waals surface area contributed by atoms with Gasteiger partial charge >= 0.3 is 12.2 Å². The molecule has 0 spiro atoms. The number of pyridine rings is 1. The number of ether oxygens (including phenoxy) is 2. The third-order valence-corrected chi connectivity index (χ3v) is 5.83. The average Bonchev–Trinajstić information content (AvgIpc) is 2.90. The fourth-order valence-corrected chi connectivity index (χ4v) is 4.03. The van der Waals surface area contributed by atoms with Gasteiger partial charge in [-0.15, -0.1) is 0 Å². The molecule has 0 aliphatic heterocycles. The summed E-state index contributed by atoms with van der Waals surface area (Å²) in [5.41, 5.74) is 7.92. The van der Waals surface area contributed by atoms with E-state index in [-0.39, 0.29) is 12.5 Å². The summed E-state index contributed by atoms with van der Waals surface area (Å²) >= 11 is 0. The summed E-state index contributed by atoms with van der Waals surface area (Å²) in [4.78, 5) is 40.5. The van der Waals surface area contributed by atoms with Gasteiger partial charge in [0, 0.05) is 31.4 Å². The van der Waals surface area contributed by atoms with Crippen molar-refractivity contribution < 1.29 is 23.9 Å². The van der Waals surface area contributed by atoms with E-state index in [1.54, 1.807) is 26.2 Å². The third-order valence-electron chi connectivity index (χ3n) is 5.83. The van der Waals surface area contributed by atoms with Gasteiger partial charge in [-0.25, -0.2) is 9.59 Å². The number of aromatic nitrogens is 1. The molecule has 0 aliphatic carbocycles. The first-order valence-electron chi connectivity index (χ1n) is 12.4. The van der Waals surface area contributed by atoms with Crippen molar-refractivity contribution in [3.05, 3.63) is 101 Å². The lowest BCUT2D eigenvalue weighted by Crippen LogP contribution is -2.39. The van der Waals surface area contributed by atoms with Gasteiger partial charge in [-0.2, -0.15) is 0 Å². The van der Waals surface area contributed by atoms with E-state index in [2.05, 4.69) is 15.6 Å². The van der Waals surface area contributed by atoms with Crippen LogP contribution in [0.3, 0.4) is 0 Å². The number of hydrogen-bond donors (Lipinski definition) is 3. The predicted octanol–water partition coefficient (Wildman–Crippen LogP) is 4.25. The van der Waals surface area contributed by atoms with Crippen LogP contribution in [0.15, 0.2) is 79.1 Å². The number of hydrogen-bond acceptors (Lipinski definition) is 6. The zero-order chi connectivity index (χ0) is 27.4. The molecule has 0 bridgehead atoms. The maximum absolute atomic E-state index is 13.1. The van der Waals surface area contributed by atoms with Crippen LogP contribution < -0.4 is 16.4 Å². The Bertz CT molecular complexity index is 1180. The molecule has 9 nitrogen and oxygen atoms in total. The molecule has 0 radical (unpaired) electrons. The minimum Gasteiger partial charge on any atom is -0.445 e. The first kappa shape index (κ1) is 28.2. The van der Waals surface area contributed by atoms with Crippen molar-refractivity contribution in [1.82, 2.24) is 15.6 Å². The number of amides is 3. The highest BCUT2D eigenvalue weighted by Crippen LogP contribution is 2.24. The molecular weight excluding hydrogens is 484 g/mol. The summed E-state index contributed by atoms with van der Waals surface area (Å²) in [5, 5.41) is 5.71. The quantitative estimate of drug-likeness (QED) is 0.328. The van der Waals surface area contributed by atoms with Crippen molar-refractivity contribution >= 4 is 18.1 Å². The number of carbonyl (C=O) groups is 3. The van der Waals surface area contributed by atoms with Crippen LogP contribution in [0.1, 0.15) is 42.5 Å². The molecule has 9 heteroatoms. The van der Waals surface area contributed by atoms with Gasteiger partial charge in [0.2, 0.25) is 5.91 Å². The molecule has 200 valence electrons. The number of benzene rings is 2. The number of carbonyl (C=O) groups excluding carboxylic acids is 3. The average molecular weight is 519 g/mol. The second-order valence-corrected chi connectivity index (χ2v) is 9.60. The molecule has 3 rings (SSSR count). The van der Waals surface area contributed by atoms with Gasteiger partial charge in [0.25, 0.3) is 0 Å². The summed E-state index contributed by atoms with van der Waals surface area (Å²) in [7, 11) is 0. The fraction of sp³-hybridized carbons (Fsp3) is 0.310. The number of nitrogens with two attached hydrogens (primary N) is 1. The van der Waals surface area contributed by atoms with Gasteiger partial charge < -0.3 is 25.8 Å². The molecule has 0 saturated heterocycles. The van der Waals surface area contributed by atoms with Crippen molar-refractivity contribution in [2.45, 2.75) is 52.0 Å². The van der Waals surface area contributed by atoms with Crippen molar-refractivity contribution in [2.75, 3.05) is 0 Å². The Morgan fingerprint density at radius 3 is 2.11 bits per heavy atom. The lowest BCUT2D eigenvalue weighted by molar-refractivity contribution is -0.127. The van der Waals surface area contributed by atoms with Crippen LogP contribution >= 0.6 is 0 Å². The molecule has 0 aliphatic rings. The van der Waals surface area contributed by atoms with Crippen LogP contribution in [0.2, 0.25) is 0 Å². The second kappa shape index (κ2) is 13.8. The topological polar surface area (TPSA) is 133 Å². The van der Waals surface area contributed by atoms with Crippen molar-refractivity contribution in [3.63, 3.8) is 0 Å². The zero-order valence-corrected chi connectivity index (χ0v) is 21.7. The van der Waals surface area contributed by atoms with Crippen molar-refractivity contribution in [1.29, 1.82) is 0 Å². The van der Waals surface area contributed by atoms with Crippen LogP contribution in [-0.4, -0.2) is 28.7 Å². The number of primary amides is 1. The summed E-state index contributed by atoms with van der Waals surface area (Å²) in [6, 6.07) is 20.7. The Morgan fingerprint density at radius 1 is 0.868 bits per heavy atom. The van der Waals surface area contributed by atoms with E-state index in [1.165, 1.54) is 0 Å². The molecule has 1 heterocycles. The van der Waals surface area contributed by atoms with E-state index in [0.29, 0.717) is 25.9 Å². The SMILES string of the molecule is CC(C)(CC(Cc1cccnc1)C(=O)NCc1ccc(CNC(=O)OCc2ccccc2)cc1)OC(N)=O. The summed E-state index contributed by atoms with van der Waals surface area (Å²) in [6.45, 7) is 4.31. The van der Waals surface area contributed by atoms with E-state index >= 15 is 0 Å². The van der Waals surface area contributed by atoms with Crippen LogP contribution in [0, 0.1) is 5.92 Å². The van der Waals surface area contributed by atoms with Gasteiger partial charge in [-0.1, -0.05) is 60.7 Å². The number of rotatable bonds is 12. The Morgan fingerprint density at radius 2 is 1.50 bits per heavy atom. The minimum atomic E-state index is -0.910. The smallest absolute Gasteiger partial charge is 0.407 e. The molecule has 0 fully saturated rings. The third kappa shape index (κ3) is 9.93.